The fourth-order valence-corrected chi connectivity index (χ4v) is 3.54. The molecule has 0 saturated heterocycles. The molecule has 3 aromatic rings. The van der Waals surface area contributed by atoms with Crippen molar-refractivity contribution in [1.82, 2.24) is 15.6 Å². The van der Waals surface area contributed by atoms with Gasteiger partial charge in [-0.1, -0.05) is 39.0 Å². The molecular formula is C27H34N4O4. The van der Waals surface area contributed by atoms with Crippen LogP contribution in [0.5, 0.6) is 17.2 Å². The first-order valence-electron chi connectivity index (χ1n) is 12.0. The Labute approximate surface area is 206 Å². The third kappa shape index (κ3) is 7.88. The predicted molar refractivity (Wildman–Crippen MR) is 138 cm³/mol. The van der Waals surface area contributed by atoms with Gasteiger partial charge in [-0.2, -0.15) is 10.2 Å². The quantitative estimate of drug-likeness (QED) is 0.179. The molecule has 0 unspecified atom stereocenters. The highest BCUT2D eigenvalue weighted by atomic mass is 16.5. The minimum Gasteiger partial charge on any atom is -0.494 e. The fourth-order valence-electron chi connectivity index (χ4n) is 3.54. The zero-order chi connectivity index (χ0) is 24.9. The van der Waals surface area contributed by atoms with Crippen molar-refractivity contribution >= 4 is 12.1 Å². The number of ether oxygens (including phenoxy) is 3. The van der Waals surface area contributed by atoms with Crippen molar-refractivity contribution in [2.45, 2.75) is 45.4 Å². The van der Waals surface area contributed by atoms with E-state index in [2.05, 4.69) is 27.6 Å². The van der Waals surface area contributed by atoms with E-state index in [9.17, 15) is 4.79 Å². The smallest absolute Gasteiger partial charge is 0.289 e. The molecule has 0 fully saturated rings. The normalized spacial score (nSPS) is 10.9. The van der Waals surface area contributed by atoms with Gasteiger partial charge in [0.05, 0.1) is 32.7 Å². The van der Waals surface area contributed by atoms with Crippen molar-refractivity contribution < 1.29 is 19.0 Å². The molecule has 0 bridgehead atoms. The van der Waals surface area contributed by atoms with Crippen LogP contribution in [0.15, 0.2) is 53.6 Å². The summed E-state index contributed by atoms with van der Waals surface area (Å²) in [5.41, 5.74) is 5.13. The van der Waals surface area contributed by atoms with E-state index >= 15 is 0 Å². The van der Waals surface area contributed by atoms with Gasteiger partial charge in [-0.25, -0.2) is 5.43 Å². The van der Waals surface area contributed by atoms with E-state index in [4.69, 9.17) is 14.2 Å². The molecular weight excluding hydrogens is 444 g/mol. The van der Waals surface area contributed by atoms with Gasteiger partial charge in [0, 0.05) is 5.56 Å². The Hall–Kier alpha value is -3.81. The Bertz CT molecular complexity index is 1090. The molecule has 3 rings (SSSR count). The maximum absolute atomic E-state index is 12.4. The summed E-state index contributed by atoms with van der Waals surface area (Å²) in [6, 6.07) is 14.8. The molecule has 2 N–H and O–H groups in total. The van der Waals surface area contributed by atoms with Crippen LogP contribution in [0, 0.1) is 0 Å². The molecule has 0 aliphatic carbocycles. The summed E-state index contributed by atoms with van der Waals surface area (Å²) < 4.78 is 16.3. The Kier molecular flexibility index (Phi) is 10.2. The standard InChI is InChI=1S/C27H34N4O4/c1-4-5-6-7-8-9-16-35-22-13-11-21(12-14-22)23-18-24(30-29-23)27(32)31-28-19-20-10-15-25(33-2)26(17-20)34-3/h10-15,17-19H,4-9,16H2,1-3H3,(H,29,30)(H,31,32)/b28-19-. The Morgan fingerprint density at radius 3 is 2.46 bits per heavy atom. The second-order valence-corrected chi connectivity index (χ2v) is 8.12. The zero-order valence-electron chi connectivity index (χ0n) is 20.7. The van der Waals surface area contributed by atoms with Crippen LogP contribution in [0.1, 0.15) is 61.5 Å². The number of aromatic nitrogens is 2. The summed E-state index contributed by atoms with van der Waals surface area (Å²) in [5.74, 6) is 1.65. The van der Waals surface area contributed by atoms with E-state index in [1.807, 2.05) is 30.3 Å². The van der Waals surface area contributed by atoms with Crippen LogP contribution in [0.25, 0.3) is 11.3 Å². The number of unbranched alkanes of at least 4 members (excludes halogenated alkanes) is 5. The van der Waals surface area contributed by atoms with E-state index in [1.165, 1.54) is 38.3 Å². The van der Waals surface area contributed by atoms with Crippen LogP contribution in [-0.2, 0) is 0 Å². The second kappa shape index (κ2) is 13.8. The molecule has 0 spiro atoms. The van der Waals surface area contributed by atoms with Crippen LogP contribution in [0.4, 0.5) is 0 Å². The molecule has 2 aromatic carbocycles. The van der Waals surface area contributed by atoms with Gasteiger partial charge in [0.25, 0.3) is 5.91 Å². The minimum atomic E-state index is -0.389. The molecule has 186 valence electrons. The number of benzene rings is 2. The number of methoxy groups -OCH3 is 2. The van der Waals surface area contributed by atoms with E-state index in [0.29, 0.717) is 22.9 Å². The van der Waals surface area contributed by atoms with E-state index < -0.39 is 0 Å². The Morgan fingerprint density at radius 2 is 1.71 bits per heavy atom. The monoisotopic (exact) mass is 478 g/mol. The molecule has 1 heterocycles. The van der Waals surface area contributed by atoms with E-state index in [1.54, 1.807) is 32.4 Å². The van der Waals surface area contributed by atoms with Gasteiger partial charge in [-0.05, 0) is 60.5 Å². The average molecular weight is 479 g/mol. The summed E-state index contributed by atoms with van der Waals surface area (Å²) in [5, 5.41) is 11.0. The second-order valence-electron chi connectivity index (χ2n) is 8.12. The number of carbonyl (C=O) groups excluding carboxylic acids is 1. The van der Waals surface area contributed by atoms with Gasteiger partial charge in [0.15, 0.2) is 11.5 Å². The third-order valence-corrected chi connectivity index (χ3v) is 5.53. The Morgan fingerprint density at radius 1 is 0.971 bits per heavy atom. The van der Waals surface area contributed by atoms with Crippen molar-refractivity contribution in [3.8, 4) is 28.5 Å². The highest BCUT2D eigenvalue weighted by Crippen LogP contribution is 2.27. The molecule has 0 radical (unpaired) electrons. The van der Waals surface area contributed by atoms with Crippen LogP contribution in [0.3, 0.4) is 0 Å². The SMILES string of the molecule is CCCCCCCCOc1ccc(-c2cc(C(=O)N/N=C\c3ccc(OC)c(OC)c3)[nH]n2)cc1. The van der Waals surface area contributed by atoms with Crippen molar-refractivity contribution in [3.63, 3.8) is 0 Å². The Balaban J connectivity index is 1.48. The maximum atomic E-state index is 12.4. The van der Waals surface area contributed by atoms with Crippen LogP contribution in [0.2, 0.25) is 0 Å². The number of nitrogens with one attached hydrogen (secondary N) is 2. The molecule has 8 nitrogen and oxygen atoms in total. The molecule has 8 heteroatoms. The maximum Gasteiger partial charge on any atom is 0.289 e. The topological polar surface area (TPSA) is 97.8 Å². The minimum absolute atomic E-state index is 0.313. The van der Waals surface area contributed by atoms with E-state index in [0.717, 1.165) is 29.9 Å². The lowest BCUT2D eigenvalue weighted by Gasteiger charge is -2.07. The van der Waals surface area contributed by atoms with Crippen LogP contribution < -0.4 is 19.6 Å². The first-order valence-corrected chi connectivity index (χ1v) is 12.0. The predicted octanol–water partition coefficient (Wildman–Crippen LogP) is 5.60. The van der Waals surface area contributed by atoms with Gasteiger partial charge < -0.3 is 14.2 Å². The molecule has 0 aliphatic rings. The lowest BCUT2D eigenvalue weighted by molar-refractivity contribution is 0.0950. The van der Waals surface area contributed by atoms with Crippen molar-refractivity contribution in [3.05, 3.63) is 59.8 Å². The number of aromatic amines is 1. The summed E-state index contributed by atoms with van der Waals surface area (Å²) in [4.78, 5) is 12.4. The number of hydrazone groups is 1. The van der Waals surface area contributed by atoms with Gasteiger partial charge in [-0.3, -0.25) is 9.89 Å². The highest BCUT2D eigenvalue weighted by molar-refractivity contribution is 5.94. The molecule has 0 aliphatic heterocycles. The largest absolute Gasteiger partial charge is 0.494 e. The number of hydrogen-bond donors (Lipinski definition) is 2. The third-order valence-electron chi connectivity index (χ3n) is 5.53. The summed E-state index contributed by atoms with van der Waals surface area (Å²) in [6.07, 6.45) is 8.95. The van der Waals surface area contributed by atoms with E-state index in [-0.39, 0.29) is 5.91 Å². The summed E-state index contributed by atoms with van der Waals surface area (Å²) >= 11 is 0. The lowest BCUT2D eigenvalue weighted by Crippen LogP contribution is -2.18. The average Bonchev–Trinajstić information content (AvgIpc) is 3.39. The summed E-state index contributed by atoms with van der Waals surface area (Å²) in [6.45, 7) is 2.95. The summed E-state index contributed by atoms with van der Waals surface area (Å²) in [7, 11) is 3.14. The van der Waals surface area contributed by atoms with Crippen molar-refractivity contribution in [2.24, 2.45) is 5.10 Å². The van der Waals surface area contributed by atoms with Crippen LogP contribution >= 0.6 is 0 Å². The number of nitrogens with zero attached hydrogens (tertiary/aromatic N) is 2. The number of carbonyl (C=O) groups is 1. The van der Waals surface area contributed by atoms with Gasteiger partial charge in [-0.15, -0.1) is 0 Å². The van der Waals surface area contributed by atoms with Crippen molar-refractivity contribution in [2.75, 3.05) is 20.8 Å². The van der Waals surface area contributed by atoms with Gasteiger partial charge in [0.1, 0.15) is 11.4 Å². The van der Waals surface area contributed by atoms with Gasteiger partial charge in [0.2, 0.25) is 0 Å². The van der Waals surface area contributed by atoms with Gasteiger partial charge >= 0.3 is 0 Å². The van der Waals surface area contributed by atoms with Crippen molar-refractivity contribution in [1.29, 1.82) is 0 Å². The highest BCUT2D eigenvalue weighted by Gasteiger charge is 2.11. The molecule has 0 atom stereocenters. The number of amides is 1. The molecule has 1 amide bonds. The first kappa shape index (κ1) is 25.8. The lowest BCUT2D eigenvalue weighted by atomic mass is 10.1. The molecule has 1 aromatic heterocycles. The number of H-pyrrole nitrogens is 1. The zero-order valence-corrected chi connectivity index (χ0v) is 20.7. The molecule has 35 heavy (non-hydrogen) atoms. The van der Waals surface area contributed by atoms with Crippen LogP contribution in [-0.4, -0.2) is 43.1 Å². The molecule has 0 saturated carbocycles. The fraction of sp³-hybridized carbons (Fsp3) is 0.370. The number of hydrogen-bond acceptors (Lipinski definition) is 6. The number of rotatable bonds is 14. The first-order chi connectivity index (χ1) is 17.1.